The van der Waals surface area contributed by atoms with Gasteiger partial charge in [0.15, 0.2) is 5.82 Å². The van der Waals surface area contributed by atoms with Crippen molar-refractivity contribution in [3.63, 3.8) is 0 Å². The average Bonchev–Trinajstić information content (AvgIpc) is 3.12. The van der Waals surface area contributed by atoms with E-state index in [0.717, 1.165) is 48.4 Å². The molecule has 1 N–H and O–H groups in total. The molecule has 2 aromatic carbocycles. The Kier molecular flexibility index (Phi) is 5.38. The van der Waals surface area contributed by atoms with Gasteiger partial charge in [0.1, 0.15) is 22.8 Å². The molecule has 0 unspecified atom stereocenters. The summed E-state index contributed by atoms with van der Waals surface area (Å²) in [6.07, 6.45) is 2.42. The number of carbonyl (C=O) groups is 1. The number of hydrogen-bond acceptors (Lipinski definition) is 5. The van der Waals surface area contributed by atoms with Crippen molar-refractivity contribution in [3.8, 4) is 0 Å². The summed E-state index contributed by atoms with van der Waals surface area (Å²) in [5, 5.41) is 3.38. The SMILES string of the molecule is Cc1c(C(=O)Nc2c(F)cc(F)cc2Br)sc2ncnc(N3CCc4ccccc4C3)c12. The predicted octanol–water partition coefficient (Wildman–Crippen LogP) is 5.86. The van der Waals surface area contributed by atoms with Crippen LogP contribution in [0.2, 0.25) is 0 Å². The van der Waals surface area contributed by atoms with E-state index in [1.165, 1.54) is 28.8 Å². The smallest absolute Gasteiger partial charge is 0.266 e. The number of nitrogens with one attached hydrogen (secondary N) is 1. The van der Waals surface area contributed by atoms with E-state index in [0.29, 0.717) is 9.71 Å². The molecule has 0 saturated heterocycles. The van der Waals surface area contributed by atoms with Gasteiger partial charge < -0.3 is 10.2 Å². The zero-order chi connectivity index (χ0) is 22.4. The van der Waals surface area contributed by atoms with Gasteiger partial charge in [0.05, 0.1) is 16.0 Å². The lowest BCUT2D eigenvalue weighted by Gasteiger charge is -2.30. The third-order valence-corrected chi connectivity index (χ3v) is 7.41. The molecular weight excluding hydrogens is 498 g/mol. The van der Waals surface area contributed by atoms with Crippen molar-refractivity contribution in [3.05, 3.63) is 80.4 Å². The Bertz CT molecular complexity index is 1350. The van der Waals surface area contributed by atoms with Crippen LogP contribution in [0.25, 0.3) is 10.2 Å². The fourth-order valence-corrected chi connectivity index (χ4v) is 5.56. The van der Waals surface area contributed by atoms with Gasteiger partial charge in [-0.05, 0) is 52.0 Å². The summed E-state index contributed by atoms with van der Waals surface area (Å²) in [7, 11) is 0. The number of halogens is 3. The molecular formula is C23H17BrF2N4OS. The van der Waals surface area contributed by atoms with E-state index in [1.807, 2.05) is 19.1 Å². The normalized spacial score (nSPS) is 13.3. The van der Waals surface area contributed by atoms with Gasteiger partial charge in [0, 0.05) is 23.6 Å². The van der Waals surface area contributed by atoms with E-state index in [4.69, 9.17) is 0 Å². The second-order valence-electron chi connectivity index (χ2n) is 7.57. The summed E-state index contributed by atoms with van der Waals surface area (Å²) >= 11 is 4.34. The molecule has 9 heteroatoms. The van der Waals surface area contributed by atoms with Crippen LogP contribution in [-0.2, 0) is 13.0 Å². The molecule has 0 saturated carbocycles. The molecule has 0 atom stereocenters. The largest absolute Gasteiger partial charge is 0.351 e. The van der Waals surface area contributed by atoms with E-state index in [9.17, 15) is 13.6 Å². The number of benzene rings is 2. The summed E-state index contributed by atoms with van der Waals surface area (Å²) in [6.45, 7) is 3.38. The van der Waals surface area contributed by atoms with Crippen LogP contribution in [0, 0.1) is 18.6 Å². The van der Waals surface area contributed by atoms with Crippen LogP contribution in [0.1, 0.15) is 26.4 Å². The Morgan fingerprint density at radius 2 is 1.97 bits per heavy atom. The number of amides is 1. The summed E-state index contributed by atoms with van der Waals surface area (Å²) < 4.78 is 27.7. The first kappa shape index (κ1) is 21.0. The molecule has 5 nitrogen and oxygen atoms in total. The Balaban J connectivity index is 1.51. The highest BCUT2D eigenvalue weighted by Gasteiger charge is 2.25. The molecule has 1 amide bonds. The van der Waals surface area contributed by atoms with Gasteiger partial charge in [0.2, 0.25) is 0 Å². The fourth-order valence-electron chi connectivity index (χ4n) is 4.02. The quantitative estimate of drug-likeness (QED) is 0.372. The molecule has 1 aliphatic rings. The van der Waals surface area contributed by atoms with Crippen LogP contribution < -0.4 is 10.2 Å². The van der Waals surface area contributed by atoms with E-state index >= 15 is 0 Å². The van der Waals surface area contributed by atoms with Gasteiger partial charge in [-0.3, -0.25) is 4.79 Å². The summed E-state index contributed by atoms with van der Waals surface area (Å²) in [6, 6.07) is 10.2. The number of rotatable bonds is 3. The second kappa shape index (κ2) is 8.22. The zero-order valence-electron chi connectivity index (χ0n) is 17.0. The van der Waals surface area contributed by atoms with Gasteiger partial charge >= 0.3 is 0 Å². The molecule has 3 heterocycles. The first-order valence-electron chi connectivity index (χ1n) is 9.94. The van der Waals surface area contributed by atoms with E-state index in [2.05, 4.69) is 48.2 Å². The predicted molar refractivity (Wildman–Crippen MR) is 125 cm³/mol. The fraction of sp³-hybridized carbons (Fsp3) is 0.174. The number of aromatic nitrogens is 2. The molecule has 2 aromatic heterocycles. The van der Waals surface area contributed by atoms with Crippen molar-refractivity contribution >= 4 is 54.9 Å². The van der Waals surface area contributed by atoms with Crippen LogP contribution in [0.5, 0.6) is 0 Å². The van der Waals surface area contributed by atoms with Crippen molar-refractivity contribution in [2.45, 2.75) is 19.9 Å². The van der Waals surface area contributed by atoms with Gasteiger partial charge in [0.25, 0.3) is 5.91 Å². The number of aryl methyl sites for hydroxylation is 1. The van der Waals surface area contributed by atoms with Crippen LogP contribution in [0.3, 0.4) is 0 Å². The highest BCUT2D eigenvalue weighted by molar-refractivity contribution is 9.10. The highest BCUT2D eigenvalue weighted by atomic mass is 79.9. The van der Waals surface area contributed by atoms with Crippen molar-refractivity contribution < 1.29 is 13.6 Å². The van der Waals surface area contributed by atoms with Gasteiger partial charge in [-0.15, -0.1) is 11.3 Å². The van der Waals surface area contributed by atoms with E-state index < -0.39 is 17.5 Å². The average molecular weight is 515 g/mol. The minimum atomic E-state index is -0.851. The first-order valence-corrected chi connectivity index (χ1v) is 11.5. The van der Waals surface area contributed by atoms with Crippen LogP contribution >= 0.6 is 27.3 Å². The van der Waals surface area contributed by atoms with Gasteiger partial charge in [-0.25, -0.2) is 18.7 Å². The maximum Gasteiger partial charge on any atom is 0.266 e. The molecule has 0 bridgehead atoms. The summed E-state index contributed by atoms with van der Waals surface area (Å²) in [5.74, 6) is -1.28. The van der Waals surface area contributed by atoms with Crippen molar-refractivity contribution in [2.24, 2.45) is 0 Å². The van der Waals surface area contributed by atoms with Crippen molar-refractivity contribution in [2.75, 3.05) is 16.8 Å². The lowest BCUT2D eigenvalue weighted by Crippen LogP contribution is -2.31. The van der Waals surface area contributed by atoms with Crippen LogP contribution in [-0.4, -0.2) is 22.4 Å². The maximum absolute atomic E-state index is 14.2. The third-order valence-electron chi connectivity index (χ3n) is 5.59. The molecule has 162 valence electrons. The molecule has 1 aliphatic heterocycles. The minimum Gasteiger partial charge on any atom is -0.351 e. The molecule has 4 aromatic rings. The van der Waals surface area contributed by atoms with E-state index in [1.54, 1.807) is 0 Å². The molecule has 32 heavy (non-hydrogen) atoms. The Morgan fingerprint density at radius 1 is 1.19 bits per heavy atom. The highest BCUT2D eigenvalue weighted by Crippen LogP contribution is 2.37. The van der Waals surface area contributed by atoms with Crippen molar-refractivity contribution in [1.82, 2.24) is 9.97 Å². The molecule has 0 spiro atoms. The van der Waals surface area contributed by atoms with Gasteiger partial charge in [-0.2, -0.15) is 0 Å². The number of nitrogens with zero attached hydrogens (tertiary/aromatic N) is 3. The number of carbonyl (C=O) groups excluding carboxylic acids is 1. The number of anilines is 2. The Hall–Kier alpha value is -2.91. The summed E-state index contributed by atoms with van der Waals surface area (Å²) in [5.41, 5.74) is 3.22. The Morgan fingerprint density at radius 3 is 2.75 bits per heavy atom. The minimum absolute atomic E-state index is 0.104. The van der Waals surface area contributed by atoms with Gasteiger partial charge in [-0.1, -0.05) is 24.3 Å². The second-order valence-corrected chi connectivity index (χ2v) is 9.43. The zero-order valence-corrected chi connectivity index (χ0v) is 19.4. The number of fused-ring (bicyclic) bond motifs is 2. The number of hydrogen-bond donors (Lipinski definition) is 1. The monoisotopic (exact) mass is 514 g/mol. The molecule has 0 radical (unpaired) electrons. The molecule has 0 fully saturated rings. The van der Waals surface area contributed by atoms with Crippen LogP contribution in [0.15, 0.2) is 47.2 Å². The molecule has 0 aliphatic carbocycles. The van der Waals surface area contributed by atoms with E-state index in [-0.39, 0.29) is 10.2 Å². The molecule has 5 rings (SSSR count). The lowest BCUT2D eigenvalue weighted by atomic mass is 9.99. The topological polar surface area (TPSA) is 58.1 Å². The number of thiophene rings is 1. The lowest BCUT2D eigenvalue weighted by molar-refractivity contribution is 0.102. The van der Waals surface area contributed by atoms with Crippen molar-refractivity contribution in [1.29, 1.82) is 0 Å². The summed E-state index contributed by atoms with van der Waals surface area (Å²) in [4.78, 5) is 25.2. The standard InChI is InChI=1S/C23H17BrF2N4OS/c1-12-18-21(30-7-6-13-4-2-3-5-14(13)10-30)27-11-28-23(18)32-20(12)22(31)29-19-16(24)8-15(25)9-17(19)26/h2-5,8-9,11H,6-7,10H2,1H3,(H,29,31). The first-order chi connectivity index (χ1) is 15.4. The Labute approximate surface area is 195 Å². The third kappa shape index (κ3) is 3.65. The maximum atomic E-state index is 14.2. The van der Waals surface area contributed by atoms with Crippen LogP contribution in [0.4, 0.5) is 20.3 Å².